The third kappa shape index (κ3) is 2.77. The summed E-state index contributed by atoms with van der Waals surface area (Å²) in [5.74, 6) is -1.44. The molecule has 0 saturated carbocycles. The minimum absolute atomic E-state index is 0.130. The number of methoxy groups -OCH3 is 2. The standard InChI is InChI=1S/C20H20O8/c1-25-14-6-10(7-15(26-2)17(14)23)18-11-8-27-19(16(11)20(24)28-18)9-3-4-12(21)13(22)5-9/h3-7,11,16,18-19,21-23H,8H2,1-2H3. The Morgan fingerprint density at radius 2 is 1.61 bits per heavy atom. The molecule has 0 bridgehead atoms. The monoisotopic (exact) mass is 388 g/mol. The SMILES string of the molecule is COc1cc(C2OC(=O)C3C(c4ccc(O)c(O)c4)OCC23)cc(OC)c1O. The van der Waals surface area contributed by atoms with E-state index in [2.05, 4.69) is 0 Å². The summed E-state index contributed by atoms with van der Waals surface area (Å²) in [7, 11) is 2.85. The van der Waals surface area contributed by atoms with Crippen LogP contribution in [0.15, 0.2) is 30.3 Å². The number of hydrogen-bond acceptors (Lipinski definition) is 8. The fourth-order valence-corrected chi connectivity index (χ4v) is 3.93. The summed E-state index contributed by atoms with van der Waals surface area (Å²) in [6.07, 6.45) is -1.17. The van der Waals surface area contributed by atoms with Crippen LogP contribution in [0.25, 0.3) is 0 Å². The van der Waals surface area contributed by atoms with Crippen molar-refractivity contribution < 1.29 is 39.1 Å². The fourth-order valence-electron chi connectivity index (χ4n) is 3.93. The minimum Gasteiger partial charge on any atom is -0.504 e. The van der Waals surface area contributed by atoms with Crippen molar-refractivity contribution in [1.82, 2.24) is 0 Å². The molecule has 0 aromatic heterocycles. The van der Waals surface area contributed by atoms with Gasteiger partial charge in [-0.25, -0.2) is 0 Å². The smallest absolute Gasteiger partial charge is 0.313 e. The summed E-state index contributed by atoms with van der Waals surface area (Å²) in [6.45, 7) is 0.277. The molecule has 2 heterocycles. The van der Waals surface area contributed by atoms with Gasteiger partial charge >= 0.3 is 5.97 Å². The van der Waals surface area contributed by atoms with Gasteiger partial charge in [0.2, 0.25) is 5.75 Å². The molecule has 0 spiro atoms. The highest BCUT2D eigenvalue weighted by Gasteiger charge is 2.54. The molecular weight excluding hydrogens is 368 g/mol. The van der Waals surface area contributed by atoms with Crippen LogP contribution in [0.3, 0.4) is 0 Å². The quantitative estimate of drug-likeness (QED) is 0.540. The molecule has 2 aliphatic heterocycles. The van der Waals surface area contributed by atoms with Crippen LogP contribution in [-0.4, -0.2) is 42.1 Å². The second-order valence-corrected chi connectivity index (χ2v) is 6.82. The van der Waals surface area contributed by atoms with Gasteiger partial charge in [-0.05, 0) is 29.8 Å². The van der Waals surface area contributed by atoms with Gasteiger partial charge in [-0.3, -0.25) is 4.79 Å². The Morgan fingerprint density at radius 3 is 2.21 bits per heavy atom. The first kappa shape index (κ1) is 18.2. The van der Waals surface area contributed by atoms with Gasteiger partial charge in [0, 0.05) is 11.5 Å². The van der Waals surface area contributed by atoms with Crippen molar-refractivity contribution in [2.45, 2.75) is 12.2 Å². The zero-order valence-corrected chi connectivity index (χ0v) is 15.3. The van der Waals surface area contributed by atoms with Crippen molar-refractivity contribution in [2.24, 2.45) is 11.8 Å². The van der Waals surface area contributed by atoms with Gasteiger partial charge in [-0.2, -0.15) is 0 Å². The lowest BCUT2D eigenvalue weighted by atomic mass is 9.84. The van der Waals surface area contributed by atoms with E-state index in [9.17, 15) is 20.1 Å². The number of phenolic OH excluding ortho intramolecular Hbond substituents is 3. The summed E-state index contributed by atoms with van der Waals surface area (Å²) in [5.41, 5.74) is 1.21. The van der Waals surface area contributed by atoms with Crippen LogP contribution in [0.2, 0.25) is 0 Å². The van der Waals surface area contributed by atoms with Gasteiger partial charge in [0.25, 0.3) is 0 Å². The lowest BCUT2D eigenvalue weighted by Crippen LogP contribution is -2.17. The van der Waals surface area contributed by atoms with E-state index >= 15 is 0 Å². The molecule has 4 rings (SSSR count). The lowest BCUT2D eigenvalue weighted by molar-refractivity contribution is -0.148. The van der Waals surface area contributed by atoms with Crippen LogP contribution in [0.1, 0.15) is 23.3 Å². The Labute approximate surface area is 160 Å². The van der Waals surface area contributed by atoms with Crippen molar-refractivity contribution >= 4 is 5.97 Å². The number of cyclic esters (lactones) is 1. The molecule has 8 heteroatoms. The van der Waals surface area contributed by atoms with Crippen LogP contribution in [0.5, 0.6) is 28.7 Å². The van der Waals surface area contributed by atoms with E-state index in [1.54, 1.807) is 18.2 Å². The third-order valence-corrected chi connectivity index (χ3v) is 5.32. The van der Waals surface area contributed by atoms with E-state index in [0.717, 1.165) is 0 Å². The Hall–Kier alpha value is -3.13. The predicted octanol–water partition coefficient (Wildman–Crippen LogP) is 2.42. The first-order chi connectivity index (χ1) is 13.4. The maximum Gasteiger partial charge on any atom is 0.313 e. The topological polar surface area (TPSA) is 115 Å². The number of phenols is 3. The van der Waals surface area contributed by atoms with Gasteiger partial charge in [0.1, 0.15) is 6.10 Å². The molecule has 2 saturated heterocycles. The number of aromatic hydroxyl groups is 3. The molecule has 0 aliphatic carbocycles. The van der Waals surface area contributed by atoms with E-state index in [1.807, 2.05) is 0 Å². The maximum atomic E-state index is 12.6. The molecule has 4 atom stereocenters. The molecule has 4 unspecified atom stereocenters. The first-order valence-electron chi connectivity index (χ1n) is 8.73. The maximum absolute atomic E-state index is 12.6. The number of fused-ring (bicyclic) bond motifs is 1. The van der Waals surface area contributed by atoms with E-state index < -0.39 is 24.1 Å². The Kier molecular flexibility index (Phi) is 4.43. The van der Waals surface area contributed by atoms with Crippen LogP contribution < -0.4 is 9.47 Å². The highest BCUT2D eigenvalue weighted by molar-refractivity contribution is 5.77. The molecule has 3 N–H and O–H groups in total. The second kappa shape index (κ2) is 6.79. The van der Waals surface area contributed by atoms with Gasteiger partial charge in [-0.15, -0.1) is 0 Å². The van der Waals surface area contributed by atoms with Crippen molar-refractivity contribution in [2.75, 3.05) is 20.8 Å². The average molecular weight is 388 g/mol. The predicted molar refractivity (Wildman–Crippen MR) is 95.5 cm³/mol. The van der Waals surface area contributed by atoms with E-state index in [0.29, 0.717) is 11.1 Å². The zero-order chi connectivity index (χ0) is 20.0. The van der Waals surface area contributed by atoms with Crippen molar-refractivity contribution in [3.05, 3.63) is 41.5 Å². The largest absolute Gasteiger partial charge is 0.504 e. The van der Waals surface area contributed by atoms with Crippen molar-refractivity contribution in [3.8, 4) is 28.7 Å². The number of rotatable bonds is 4. The number of hydrogen-bond donors (Lipinski definition) is 3. The number of carbonyl (C=O) groups excluding carboxylic acids is 1. The van der Waals surface area contributed by atoms with Gasteiger partial charge in [0.05, 0.1) is 32.8 Å². The normalized spacial score (nSPS) is 26.0. The summed E-state index contributed by atoms with van der Waals surface area (Å²) in [6, 6.07) is 7.56. The minimum atomic E-state index is -0.588. The number of esters is 1. The number of carbonyl (C=O) groups is 1. The van der Waals surface area contributed by atoms with Crippen molar-refractivity contribution in [1.29, 1.82) is 0 Å². The zero-order valence-electron chi connectivity index (χ0n) is 15.3. The molecule has 2 aromatic carbocycles. The summed E-state index contributed by atoms with van der Waals surface area (Å²) < 4.78 is 21.9. The molecule has 0 amide bonds. The van der Waals surface area contributed by atoms with Crippen LogP contribution in [-0.2, 0) is 14.3 Å². The molecule has 8 nitrogen and oxygen atoms in total. The number of ether oxygens (including phenoxy) is 4. The molecule has 0 radical (unpaired) electrons. The molecule has 148 valence electrons. The summed E-state index contributed by atoms with van der Waals surface area (Å²) in [4.78, 5) is 12.6. The van der Waals surface area contributed by atoms with E-state index in [1.165, 1.54) is 26.4 Å². The van der Waals surface area contributed by atoms with E-state index in [-0.39, 0.29) is 41.3 Å². The second-order valence-electron chi connectivity index (χ2n) is 6.82. The highest BCUT2D eigenvalue weighted by atomic mass is 16.6. The summed E-state index contributed by atoms with van der Waals surface area (Å²) >= 11 is 0. The Balaban J connectivity index is 1.67. The van der Waals surface area contributed by atoms with E-state index in [4.69, 9.17) is 18.9 Å². The third-order valence-electron chi connectivity index (χ3n) is 5.32. The highest BCUT2D eigenvalue weighted by Crippen LogP contribution is 2.53. The van der Waals surface area contributed by atoms with Crippen molar-refractivity contribution in [3.63, 3.8) is 0 Å². The fraction of sp³-hybridized carbons (Fsp3) is 0.350. The molecule has 2 aromatic rings. The van der Waals surface area contributed by atoms with Crippen LogP contribution in [0.4, 0.5) is 0 Å². The molecule has 2 fully saturated rings. The summed E-state index contributed by atoms with van der Waals surface area (Å²) in [5, 5.41) is 29.4. The van der Waals surface area contributed by atoms with Crippen LogP contribution >= 0.6 is 0 Å². The Bertz CT molecular complexity index is 899. The number of benzene rings is 2. The first-order valence-corrected chi connectivity index (χ1v) is 8.73. The molecular formula is C20H20O8. The van der Waals surface area contributed by atoms with Gasteiger partial charge in [-0.1, -0.05) is 6.07 Å². The molecule has 2 aliphatic rings. The lowest BCUT2D eigenvalue weighted by Gasteiger charge is -2.18. The van der Waals surface area contributed by atoms with Gasteiger partial charge in [0.15, 0.2) is 23.0 Å². The molecule has 28 heavy (non-hydrogen) atoms. The van der Waals surface area contributed by atoms with Gasteiger partial charge < -0.3 is 34.3 Å². The average Bonchev–Trinajstić information content (AvgIpc) is 3.26. The van der Waals surface area contributed by atoms with Crippen LogP contribution in [0, 0.1) is 11.8 Å². The Morgan fingerprint density at radius 1 is 0.929 bits per heavy atom.